The van der Waals surface area contributed by atoms with Gasteiger partial charge in [-0.15, -0.1) is 0 Å². The van der Waals surface area contributed by atoms with Gasteiger partial charge in [-0.05, 0) is 0 Å². The SMILES string of the molecule is O=CCO/N=C/C(=O)O. The molecule has 0 radical (unpaired) electrons. The fraction of sp³-hybridized carbons (Fsp3) is 0.250. The average molecular weight is 131 g/mol. The molecule has 5 heteroatoms. The lowest BCUT2D eigenvalue weighted by Crippen LogP contribution is -1.96. The first-order valence-corrected chi connectivity index (χ1v) is 2.09. The largest absolute Gasteiger partial charge is 0.477 e. The van der Waals surface area contributed by atoms with Crippen LogP contribution in [0.15, 0.2) is 5.16 Å². The van der Waals surface area contributed by atoms with Gasteiger partial charge in [0.1, 0.15) is 0 Å². The summed E-state index contributed by atoms with van der Waals surface area (Å²) in [5.41, 5.74) is 0. The molecule has 0 bridgehead atoms. The van der Waals surface area contributed by atoms with Gasteiger partial charge in [0.25, 0.3) is 0 Å². The van der Waals surface area contributed by atoms with Gasteiger partial charge in [-0.1, -0.05) is 5.16 Å². The molecule has 0 aliphatic rings. The summed E-state index contributed by atoms with van der Waals surface area (Å²) in [6.45, 7) is -0.218. The lowest BCUT2D eigenvalue weighted by Gasteiger charge is -1.85. The molecule has 0 rings (SSSR count). The number of nitrogens with zero attached hydrogens (tertiary/aromatic N) is 1. The number of aliphatic carboxylic acids is 1. The Labute approximate surface area is 50.9 Å². The van der Waals surface area contributed by atoms with Gasteiger partial charge >= 0.3 is 5.97 Å². The maximum Gasteiger partial charge on any atom is 0.350 e. The standard InChI is InChI=1S/C4H5NO4/c6-1-2-9-5-3-4(7)8/h1,3H,2H2,(H,7,8)/b5-3+. The third-order valence-electron chi connectivity index (χ3n) is 0.380. The molecule has 9 heavy (non-hydrogen) atoms. The highest BCUT2D eigenvalue weighted by molar-refractivity contribution is 6.21. The van der Waals surface area contributed by atoms with E-state index in [4.69, 9.17) is 5.11 Å². The summed E-state index contributed by atoms with van der Waals surface area (Å²) >= 11 is 0. The van der Waals surface area contributed by atoms with Crippen molar-refractivity contribution in [1.82, 2.24) is 0 Å². The van der Waals surface area contributed by atoms with Gasteiger partial charge in [-0.3, -0.25) is 4.79 Å². The van der Waals surface area contributed by atoms with E-state index in [2.05, 4.69) is 9.99 Å². The van der Waals surface area contributed by atoms with Crippen LogP contribution in [0.25, 0.3) is 0 Å². The van der Waals surface area contributed by atoms with Crippen LogP contribution < -0.4 is 0 Å². The van der Waals surface area contributed by atoms with Crippen LogP contribution >= 0.6 is 0 Å². The summed E-state index contributed by atoms with van der Waals surface area (Å²) in [5.74, 6) is -1.21. The molecule has 0 atom stereocenters. The maximum atomic E-state index is 9.64. The van der Waals surface area contributed by atoms with Gasteiger partial charge in [0, 0.05) is 0 Å². The summed E-state index contributed by atoms with van der Waals surface area (Å²) < 4.78 is 0. The molecule has 0 aliphatic carbocycles. The van der Waals surface area contributed by atoms with Crippen LogP contribution in [0, 0.1) is 0 Å². The predicted octanol–water partition coefficient (Wildman–Crippen LogP) is -0.728. The zero-order valence-electron chi connectivity index (χ0n) is 4.48. The second-order valence-electron chi connectivity index (χ2n) is 1.04. The van der Waals surface area contributed by atoms with Crippen molar-refractivity contribution >= 4 is 18.5 Å². The number of hydrogen-bond acceptors (Lipinski definition) is 4. The lowest BCUT2D eigenvalue weighted by atomic mass is 10.8. The Morgan fingerprint density at radius 2 is 2.44 bits per heavy atom. The molecule has 1 N–H and O–H groups in total. The number of rotatable bonds is 4. The highest BCUT2D eigenvalue weighted by Crippen LogP contribution is 1.68. The van der Waals surface area contributed by atoms with Gasteiger partial charge in [-0.25, -0.2) is 4.79 Å². The lowest BCUT2D eigenvalue weighted by molar-refractivity contribution is -0.129. The average Bonchev–Trinajstić information content (AvgIpc) is 1.80. The molecular weight excluding hydrogens is 126 g/mol. The minimum atomic E-state index is -1.21. The van der Waals surface area contributed by atoms with Crippen molar-refractivity contribution in [3.8, 4) is 0 Å². The number of carboxylic acid groups (broad SMARTS) is 1. The van der Waals surface area contributed by atoms with Crippen molar-refractivity contribution in [2.45, 2.75) is 0 Å². The Morgan fingerprint density at radius 3 is 2.89 bits per heavy atom. The number of carbonyl (C=O) groups excluding carboxylic acids is 1. The van der Waals surface area contributed by atoms with E-state index < -0.39 is 5.97 Å². The predicted molar refractivity (Wildman–Crippen MR) is 28.1 cm³/mol. The molecule has 0 aliphatic heterocycles. The third-order valence-corrected chi connectivity index (χ3v) is 0.380. The molecule has 0 amide bonds. The van der Waals surface area contributed by atoms with Crippen LogP contribution in [0.5, 0.6) is 0 Å². The molecular formula is C4H5NO4. The zero-order valence-corrected chi connectivity index (χ0v) is 4.48. The summed E-state index contributed by atoms with van der Waals surface area (Å²) in [7, 11) is 0. The van der Waals surface area contributed by atoms with Gasteiger partial charge in [0.15, 0.2) is 19.1 Å². The Balaban J connectivity index is 3.24. The van der Waals surface area contributed by atoms with E-state index in [0.29, 0.717) is 12.5 Å². The van der Waals surface area contributed by atoms with Crippen molar-refractivity contribution in [1.29, 1.82) is 0 Å². The van der Waals surface area contributed by atoms with Gasteiger partial charge in [-0.2, -0.15) is 0 Å². The van der Waals surface area contributed by atoms with Gasteiger partial charge in [0.05, 0.1) is 0 Å². The van der Waals surface area contributed by atoms with E-state index >= 15 is 0 Å². The highest BCUT2D eigenvalue weighted by atomic mass is 16.6. The number of carboxylic acids is 1. The van der Waals surface area contributed by atoms with Crippen molar-refractivity contribution < 1.29 is 19.5 Å². The summed E-state index contributed by atoms with van der Waals surface area (Å²) in [5, 5.41) is 10.8. The molecule has 0 saturated carbocycles. The first kappa shape index (κ1) is 7.61. The maximum absolute atomic E-state index is 9.64. The summed E-state index contributed by atoms with van der Waals surface area (Å²) in [4.78, 5) is 23.3. The monoisotopic (exact) mass is 131 g/mol. The Morgan fingerprint density at radius 1 is 1.78 bits per heavy atom. The smallest absolute Gasteiger partial charge is 0.350 e. The van der Waals surface area contributed by atoms with Crippen molar-refractivity contribution in [2.24, 2.45) is 5.16 Å². The first-order chi connectivity index (χ1) is 4.27. The fourth-order valence-electron chi connectivity index (χ4n) is 0.156. The van der Waals surface area contributed by atoms with Crippen LogP contribution in [-0.2, 0) is 14.4 Å². The third kappa shape index (κ3) is 6.61. The Hall–Kier alpha value is -1.39. The molecule has 0 aromatic rings. The van der Waals surface area contributed by atoms with Crippen LogP contribution in [-0.4, -0.2) is 30.2 Å². The van der Waals surface area contributed by atoms with E-state index in [9.17, 15) is 9.59 Å². The Bertz CT molecular complexity index is 131. The molecule has 0 unspecified atom stereocenters. The van der Waals surface area contributed by atoms with E-state index in [1.807, 2.05) is 0 Å². The molecule has 0 saturated heterocycles. The van der Waals surface area contributed by atoms with E-state index in [1.165, 1.54) is 0 Å². The summed E-state index contributed by atoms with van der Waals surface area (Å²) in [6.07, 6.45) is 1.03. The molecule has 0 heterocycles. The Kier molecular flexibility index (Phi) is 4.03. The molecule has 50 valence electrons. The highest BCUT2D eigenvalue weighted by Gasteiger charge is 1.84. The quantitative estimate of drug-likeness (QED) is 0.236. The number of hydrogen-bond donors (Lipinski definition) is 1. The summed E-state index contributed by atoms with van der Waals surface area (Å²) in [6, 6.07) is 0. The zero-order chi connectivity index (χ0) is 7.11. The molecule has 0 aromatic carbocycles. The molecule has 0 spiro atoms. The van der Waals surface area contributed by atoms with Crippen LogP contribution in [0.2, 0.25) is 0 Å². The second kappa shape index (κ2) is 4.76. The topological polar surface area (TPSA) is 76.0 Å². The van der Waals surface area contributed by atoms with E-state index in [1.54, 1.807) is 0 Å². The number of carbonyl (C=O) groups is 2. The number of oxime groups is 1. The molecule has 0 aromatic heterocycles. The van der Waals surface area contributed by atoms with Crippen molar-refractivity contribution in [3.63, 3.8) is 0 Å². The van der Waals surface area contributed by atoms with Crippen molar-refractivity contribution in [2.75, 3.05) is 6.61 Å². The minimum absolute atomic E-state index is 0.218. The first-order valence-electron chi connectivity index (χ1n) is 2.09. The minimum Gasteiger partial charge on any atom is -0.477 e. The van der Waals surface area contributed by atoms with Gasteiger partial charge in [0.2, 0.25) is 0 Å². The van der Waals surface area contributed by atoms with Crippen LogP contribution in [0.1, 0.15) is 0 Å². The van der Waals surface area contributed by atoms with E-state index in [-0.39, 0.29) is 6.61 Å². The van der Waals surface area contributed by atoms with Crippen LogP contribution in [0.3, 0.4) is 0 Å². The molecule has 5 nitrogen and oxygen atoms in total. The van der Waals surface area contributed by atoms with Crippen molar-refractivity contribution in [3.05, 3.63) is 0 Å². The van der Waals surface area contributed by atoms with Gasteiger partial charge < -0.3 is 9.94 Å². The van der Waals surface area contributed by atoms with E-state index in [0.717, 1.165) is 0 Å². The second-order valence-corrected chi connectivity index (χ2v) is 1.04. The normalized spacial score (nSPS) is 9.33. The fourth-order valence-corrected chi connectivity index (χ4v) is 0.156. The van der Waals surface area contributed by atoms with Crippen LogP contribution in [0.4, 0.5) is 0 Å². The molecule has 0 fully saturated rings. The number of aldehydes is 1.